The number of thiophene rings is 1. The van der Waals surface area contributed by atoms with Crippen molar-refractivity contribution in [1.29, 1.82) is 0 Å². The Bertz CT molecular complexity index is 443. The Labute approximate surface area is 118 Å². The molecule has 0 atom stereocenters. The van der Waals surface area contributed by atoms with Crippen LogP contribution in [0, 0.1) is 0 Å². The van der Waals surface area contributed by atoms with Gasteiger partial charge in [-0.1, -0.05) is 0 Å². The van der Waals surface area contributed by atoms with Crippen molar-refractivity contribution in [3.8, 4) is 0 Å². The molecule has 4 nitrogen and oxygen atoms in total. The Morgan fingerprint density at radius 1 is 1.44 bits per heavy atom. The van der Waals surface area contributed by atoms with Crippen LogP contribution in [0.3, 0.4) is 0 Å². The maximum Gasteiger partial charge on any atom is 0.252 e. The van der Waals surface area contributed by atoms with Crippen LogP contribution in [0.15, 0.2) is 15.2 Å². The lowest BCUT2D eigenvalue weighted by Gasteiger charge is -2.04. The summed E-state index contributed by atoms with van der Waals surface area (Å²) in [6.45, 7) is 0.532. The minimum atomic E-state index is -0.0837. The summed E-state index contributed by atoms with van der Waals surface area (Å²) >= 11 is 4.80. The zero-order valence-electron chi connectivity index (χ0n) is 9.87. The van der Waals surface area contributed by atoms with Crippen LogP contribution in [-0.2, 0) is 4.79 Å². The largest absolute Gasteiger partial charge is 0.353 e. The predicted octanol–water partition coefficient (Wildman–Crippen LogP) is 2.30. The van der Waals surface area contributed by atoms with Crippen molar-refractivity contribution in [2.24, 2.45) is 0 Å². The molecule has 1 fully saturated rings. The Hall–Kier alpha value is -0.880. The van der Waals surface area contributed by atoms with E-state index < -0.39 is 0 Å². The summed E-state index contributed by atoms with van der Waals surface area (Å²) in [4.78, 5) is 23.0. The molecule has 6 heteroatoms. The van der Waals surface area contributed by atoms with Gasteiger partial charge in [-0.15, -0.1) is 11.3 Å². The molecule has 0 aromatic carbocycles. The van der Waals surface area contributed by atoms with E-state index in [1.807, 2.05) is 0 Å². The quantitative estimate of drug-likeness (QED) is 0.786. The molecule has 0 radical (unpaired) electrons. The summed E-state index contributed by atoms with van der Waals surface area (Å²) in [6.07, 6.45) is 3.37. The van der Waals surface area contributed by atoms with Crippen LogP contribution in [0.5, 0.6) is 0 Å². The van der Waals surface area contributed by atoms with Gasteiger partial charge in [-0.3, -0.25) is 9.59 Å². The fraction of sp³-hybridized carbons (Fsp3) is 0.500. The fourth-order valence-corrected chi connectivity index (χ4v) is 2.65. The second-order valence-electron chi connectivity index (χ2n) is 4.34. The molecule has 1 saturated carbocycles. The second kappa shape index (κ2) is 6.33. The highest BCUT2D eigenvalue weighted by Gasteiger charge is 2.22. The minimum Gasteiger partial charge on any atom is -0.353 e. The lowest BCUT2D eigenvalue weighted by molar-refractivity contribution is -0.121. The van der Waals surface area contributed by atoms with Gasteiger partial charge >= 0.3 is 0 Å². The third-order valence-electron chi connectivity index (χ3n) is 2.64. The van der Waals surface area contributed by atoms with Gasteiger partial charge in [-0.25, -0.2) is 0 Å². The fourth-order valence-electron chi connectivity index (χ4n) is 1.51. The minimum absolute atomic E-state index is 0.0837. The molecule has 98 valence electrons. The van der Waals surface area contributed by atoms with E-state index in [0.29, 0.717) is 31.0 Å². The molecule has 1 aromatic heterocycles. The standard InChI is InChI=1S/C12H15BrN2O2S/c13-10-6-8(7-18-10)12(17)14-5-1-2-11(16)15-9-3-4-9/h6-7,9H,1-5H2,(H,14,17)(H,15,16). The number of hydrogen-bond acceptors (Lipinski definition) is 3. The molecule has 2 amide bonds. The normalized spacial score (nSPS) is 14.3. The lowest BCUT2D eigenvalue weighted by Crippen LogP contribution is -2.28. The zero-order valence-corrected chi connectivity index (χ0v) is 12.3. The van der Waals surface area contributed by atoms with Crippen molar-refractivity contribution < 1.29 is 9.59 Å². The maximum absolute atomic E-state index is 11.7. The highest BCUT2D eigenvalue weighted by Crippen LogP contribution is 2.20. The Morgan fingerprint density at radius 2 is 2.22 bits per heavy atom. The van der Waals surface area contributed by atoms with Gasteiger partial charge in [0.1, 0.15) is 0 Å². The summed E-state index contributed by atoms with van der Waals surface area (Å²) in [5.74, 6) is 0.00424. The van der Waals surface area contributed by atoms with Crippen LogP contribution in [0.4, 0.5) is 0 Å². The van der Waals surface area contributed by atoms with Gasteiger partial charge in [-0.05, 0) is 41.3 Å². The summed E-state index contributed by atoms with van der Waals surface area (Å²) in [5.41, 5.74) is 0.661. The molecule has 0 spiro atoms. The van der Waals surface area contributed by atoms with Crippen molar-refractivity contribution >= 4 is 39.1 Å². The molecule has 1 aliphatic rings. The predicted molar refractivity (Wildman–Crippen MR) is 74.8 cm³/mol. The van der Waals surface area contributed by atoms with E-state index in [1.165, 1.54) is 11.3 Å². The molecule has 2 rings (SSSR count). The van der Waals surface area contributed by atoms with Crippen LogP contribution in [-0.4, -0.2) is 24.4 Å². The first-order chi connectivity index (χ1) is 8.65. The number of amides is 2. The van der Waals surface area contributed by atoms with Gasteiger partial charge in [0, 0.05) is 24.4 Å². The smallest absolute Gasteiger partial charge is 0.252 e. The SMILES string of the molecule is O=C(CCCNC(=O)c1csc(Br)c1)NC1CC1. The van der Waals surface area contributed by atoms with Crippen molar-refractivity contribution in [3.05, 3.63) is 20.8 Å². The summed E-state index contributed by atoms with van der Waals surface area (Å²) in [6, 6.07) is 2.20. The molecule has 0 saturated heterocycles. The van der Waals surface area contributed by atoms with Crippen molar-refractivity contribution in [3.63, 3.8) is 0 Å². The summed E-state index contributed by atoms with van der Waals surface area (Å²) < 4.78 is 0.941. The first kappa shape index (κ1) is 13.5. The van der Waals surface area contributed by atoms with Gasteiger partial charge in [0.15, 0.2) is 0 Å². The van der Waals surface area contributed by atoms with Gasteiger partial charge < -0.3 is 10.6 Å². The molecule has 2 N–H and O–H groups in total. The van der Waals surface area contributed by atoms with E-state index in [1.54, 1.807) is 11.4 Å². The molecular weight excluding hydrogens is 316 g/mol. The van der Waals surface area contributed by atoms with E-state index >= 15 is 0 Å². The van der Waals surface area contributed by atoms with E-state index in [9.17, 15) is 9.59 Å². The Kier molecular flexibility index (Phi) is 4.77. The number of carbonyl (C=O) groups is 2. The average molecular weight is 331 g/mol. The van der Waals surface area contributed by atoms with E-state index in [-0.39, 0.29) is 11.8 Å². The van der Waals surface area contributed by atoms with Crippen LogP contribution < -0.4 is 10.6 Å². The summed E-state index contributed by atoms with van der Waals surface area (Å²) in [7, 11) is 0. The van der Waals surface area contributed by atoms with Crippen LogP contribution >= 0.6 is 27.3 Å². The van der Waals surface area contributed by atoms with E-state index in [0.717, 1.165) is 16.6 Å². The summed E-state index contributed by atoms with van der Waals surface area (Å²) in [5, 5.41) is 7.53. The topological polar surface area (TPSA) is 58.2 Å². The molecule has 0 unspecified atom stereocenters. The molecule has 1 aromatic rings. The first-order valence-corrected chi connectivity index (χ1v) is 7.64. The van der Waals surface area contributed by atoms with Gasteiger partial charge in [-0.2, -0.15) is 0 Å². The van der Waals surface area contributed by atoms with Gasteiger partial charge in [0.25, 0.3) is 5.91 Å². The highest BCUT2D eigenvalue weighted by atomic mass is 79.9. The Balaban J connectivity index is 1.59. The average Bonchev–Trinajstić information content (AvgIpc) is 3.03. The molecular formula is C12H15BrN2O2S. The molecule has 1 aliphatic carbocycles. The number of carbonyl (C=O) groups excluding carboxylic acids is 2. The molecule has 18 heavy (non-hydrogen) atoms. The van der Waals surface area contributed by atoms with Gasteiger partial charge in [0.2, 0.25) is 5.91 Å². The third-order valence-corrected chi connectivity index (χ3v) is 4.14. The van der Waals surface area contributed by atoms with E-state index in [2.05, 4.69) is 26.6 Å². The number of nitrogens with one attached hydrogen (secondary N) is 2. The monoisotopic (exact) mass is 330 g/mol. The van der Waals surface area contributed by atoms with Crippen molar-refractivity contribution in [2.45, 2.75) is 31.7 Å². The number of rotatable bonds is 6. The van der Waals surface area contributed by atoms with Crippen molar-refractivity contribution in [2.75, 3.05) is 6.54 Å². The molecule has 1 heterocycles. The lowest BCUT2D eigenvalue weighted by atomic mass is 10.2. The highest BCUT2D eigenvalue weighted by molar-refractivity contribution is 9.11. The zero-order chi connectivity index (χ0) is 13.0. The first-order valence-electron chi connectivity index (χ1n) is 5.97. The number of halogens is 1. The molecule has 0 aliphatic heterocycles. The van der Waals surface area contributed by atoms with Crippen LogP contribution in [0.1, 0.15) is 36.0 Å². The number of hydrogen-bond donors (Lipinski definition) is 2. The van der Waals surface area contributed by atoms with Crippen molar-refractivity contribution in [1.82, 2.24) is 10.6 Å². The van der Waals surface area contributed by atoms with E-state index in [4.69, 9.17) is 0 Å². The maximum atomic E-state index is 11.7. The third kappa shape index (κ3) is 4.42. The molecule has 0 bridgehead atoms. The Morgan fingerprint density at radius 3 is 2.83 bits per heavy atom. The van der Waals surface area contributed by atoms with Crippen LogP contribution in [0.2, 0.25) is 0 Å². The second-order valence-corrected chi connectivity index (χ2v) is 6.63. The van der Waals surface area contributed by atoms with Gasteiger partial charge in [0.05, 0.1) is 9.35 Å². The van der Waals surface area contributed by atoms with Crippen LogP contribution in [0.25, 0.3) is 0 Å².